The van der Waals surface area contributed by atoms with Gasteiger partial charge in [-0.1, -0.05) is 18.2 Å². The molecule has 9 nitrogen and oxygen atoms in total. The molecule has 0 fully saturated rings. The first kappa shape index (κ1) is 19.6. The summed E-state index contributed by atoms with van der Waals surface area (Å²) in [5, 5.41) is 21.1. The minimum absolute atomic E-state index is 0.0207. The molecule has 0 aliphatic carbocycles. The van der Waals surface area contributed by atoms with Crippen LogP contribution in [-0.2, 0) is 10.0 Å². The lowest BCUT2D eigenvalue weighted by Crippen LogP contribution is -2.14. The summed E-state index contributed by atoms with van der Waals surface area (Å²) < 4.78 is 38.3. The van der Waals surface area contributed by atoms with Crippen LogP contribution < -0.4 is 19.6 Å². The first-order valence-electron chi connectivity index (χ1n) is 7.43. The predicted molar refractivity (Wildman–Crippen MR) is 99.1 cm³/mol. The molecule has 0 aliphatic rings. The fraction of sp³-hybridized carbons (Fsp3) is 0.118. The minimum Gasteiger partial charge on any atom is -0.495 e. The molecule has 0 aliphatic heterocycles. The molecule has 2 aromatic rings. The van der Waals surface area contributed by atoms with Gasteiger partial charge in [0, 0.05) is 17.8 Å². The van der Waals surface area contributed by atoms with Crippen LogP contribution in [0.2, 0.25) is 0 Å². The summed E-state index contributed by atoms with van der Waals surface area (Å²) in [7, 11) is -1.32. The van der Waals surface area contributed by atoms with Gasteiger partial charge in [0.15, 0.2) is 0 Å². The van der Waals surface area contributed by atoms with E-state index in [-0.39, 0.29) is 22.1 Å². The third-order valence-electron chi connectivity index (χ3n) is 3.30. The van der Waals surface area contributed by atoms with Crippen LogP contribution in [0.15, 0.2) is 52.5 Å². The number of hydrogen-bond donors (Lipinski definition) is 2. The summed E-state index contributed by atoms with van der Waals surface area (Å²) in [5.41, 5.74) is 2.69. The molecule has 0 heterocycles. The van der Waals surface area contributed by atoms with Crippen LogP contribution in [0, 0.1) is 22.7 Å². The van der Waals surface area contributed by atoms with Gasteiger partial charge >= 0.3 is 0 Å². The van der Waals surface area contributed by atoms with Crippen LogP contribution in [0.1, 0.15) is 0 Å². The molecule has 2 N–H and O–H groups in total. The molecule has 0 saturated carbocycles. The Morgan fingerprint density at radius 2 is 1.67 bits per heavy atom. The zero-order valence-corrected chi connectivity index (χ0v) is 15.2. The second kappa shape index (κ2) is 8.56. The van der Waals surface area contributed by atoms with Gasteiger partial charge in [-0.3, -0.25) is 10.1 Å². The highest BCUT2D eigenvalue weighted by Gasteiger charge is 2.23. The third kappa shape index (κ3) is 4.66. The molecule has 138 valence electrons. The fourth-order valence-electron chi connectivity index (χ4n) is 2.07. The van der Waals surface area contributed by atoms with Crippen molar-refractivity contribution in [2.24, 2.45) is 5.10 Å². The maximum absolute atomic E-state index is 12.7. The first-order chi connectivity index (χ1) is 12.9. The lowest BCUT2D eigenvalue weighted by molar-refractivity contribution is 0.393. The number of benzene rings is 2. The molecule has 0 atom stereocenters. The number of methoxy groups -OCH3 is 2. The first-order valence-corrected chi connectivity index (χ1v) is 8.91. The second-order valence-electron chi connectivity index (χ2n) is 4.97. The smallest absolute Gasteiger partial charge is 0.265 e. The Labute approximate surface area is 156 Å². The average molecular weight is 385 g/mol. The summed E-state index contributed by atoms with van der Waals surface area (Å²) in [6, 6.07) is 14.2. The summed E-state index contributed by atoms with van der Waals surface area (Å²) >= 11 is 0. The van der Waals surface area contributed by atoms with Gasteiger partial charge in [0.1, 0.15) is 34.2 Å². The molecule has 0 amide bonds. The monoisotopic (exact) mass is 385 g/mol. The lowest BCUT2D eigenvalue weighted by atomic mass is 10.3. The van der Waals surface area contributed by atoms with E-state index < -0.39 is 15.7 Å². The van der Waals surface area contributed by atoms with Gasteiger partial charge < -0.3 is 9.47 Å². The Kier molecular flexibility index (Phi) is 6.20. The van der Waals surface area contributed by atoms with Crippen LogP contribution in [-0.4, -0.2) is 28.3 Å². The van der Waals surface area contributed by atoms with E-state index in [9.17, 15) is 8.42 Å². The number of nitrogens with zero attached hydrogens (tertiary/aromatic N) is 3. The largest absolute Gasteiger partial charge is 0.495 e. The van der Waals surface area contributed by atoms with Crippen LogP contribution in [0.4, 0.5) is 11.4 Å². The number of anilines is 2. The van der Waals surface area contributed by atoms with Crippen molar-refractivity contribution >= 4 is 27.1 Å². The molecule has 0 aromatic heterocycles. The van der Waals surface area contributed by atoms with Crippen molar-refractivity contribution in [2.75, 3.05) is 24.4 Å². The number of hydrogen-bond acceptors (Lipinski definition) is 8. The Bertz CT molecular complexity index is 1020. The van der Waals surface area contributed by atoms with Gasteiger partial charge in [0.25, 0.3) is 10.0 Å². The summed E-state index contributed by atoms with van der Waals surface area (Å²) in [6.45, 7) is 0. The Morgan fingerprint density at radius 1 is 1.04 bits per heavy atom. The van der Waals surface area contributed by atoms with Crippen molar-refractivity contribution < 1.29 is 17.9 Å². The van der Waals surface area contributed by atoms with Crippen molar-refractivity contribution in [1.29, 1.82) is 10.5 Å². The van der Waals surface area contributed by atoms with E-state index in [1.165, 1.54) is 26.4 Å². The molecular weight excluding hydrogens is 370 g/mol. The minimum atomic E-state index is -3.97. The van der Waals surface area contributed by atoms with Gasteiger partial charge in [0.05, 0.1) is 14.2 Å². The zero-order valence-electron chi connectivity index (χ0n) is 14.4. The predicted octanol–water partition coefficient (Wildman–Crippen LogP) is 2.32. The quantitative estimate of drug-likeness (QED) is 0.551. The topological polar surface area (TPSA) is 137 Å². The van der Waals surface area contributed by atoms with E-state index in [4.69, 9.17) is 20.0 Å². The van der Waals surface area contributed by atoms with Crippen LogP contribution in [0.25, 0.3) is 0 Å². The van der Waals surface area contributed by atoms with Gasteiger partial charge in [0.2, 0.25) is 5.71 Å². The van der Waals surface area contributed by atoms with E-state index in [1.807, 2.05) is 0 Å². The fourth-order valence-corrected chi connectivity index (χ4v) is 3.30. The molecule has 0 spiro atoms. The van der Waals surface area contributed by atoms with E-state index >= 15 is 0 Å². The maximum atomic E-state index is 12.7. The second-order valence-corrected chi connectivity index (χ2v) is 6.62. The molecule has 0 bridgehead atoms. The Morgan fingerprint density at radius 3 is 2.22 bits per heavy atom. The molecule has 0 saturated heterocycles. The van der Waals surface area contributed by atoms with Gasteiger partial charge in [-0.05, 0) is 12.1 Å². The number of hydrazone groups is 1. The van der Waals surface area contributed by atoms with Gasteiger partial charge in [-0.2, -0.15) is 15.6 Å². The van der Waals surface area contributed by atoms with Crippen LogP contribution >= 0.6 is 0 Å². The summed E-state index contributed by atoms with van der Waals surface area (Å²) in [5.74, 6) is 0.149. The zero-order chi connectivity index (χ0) is 19.9. The van der Waals surface area contributed by atoms with E-state index in [0.717, 1.165) is 0 Å². The van der Waals surface area contributed by atoms with Crippen molar-refractivity contribution in [3.05, 3.63) is 42.5 Å². The van der Waals surface area contributed by atoms with Crippen LogP contribution in [0.5, 0.6) is 11.5 Å². The highest BCUT2D eigenvalue weighted by Crippen LogP contribution is 2.36. The normalized spacial score (nSPS) is 10.1. The summed E-state index contributed by atoms with van der Waals surface area (Å²) in [6.07, 6.45) is 0. The van der Waals surface area contributed by atoms with Crippen molar-refractivity contribution in [2.45, 2.75) is 4.90 Å². The van der Waals surface area contributed by atoms with Crippen LogP contribution in [0.3, 0.4) is 0 Å². The third-order valence-corrected chi connectivity index (χ3v) is 4.70. The molecule has 0 radical (unpaired) electrons. The molecule has 0 unspecified atom stereocenters. The maximum Gasteiger partial charge on any atom is 0.265 e. The number of nitriles is 2. The van der Waals surface area contributed by atoms with E-state index in [2.05, 4.69) is 15.2 Å². The van der Waals surface area contributed by atoms with E-state index in [1.54, 1.807) is 42.5 Å². The Hall–Kier alpha value is -3.76. The number of ether oxygens (including phenoxy) is 2. The number of sulfonamides is 1. The molecule has 2 aromatic carbocycles. The average Bonchev–Trinajstić information content (AvgIpc) is 2.68. The number of nitrogens with one attached hydrogen (secondary N) is 2. The van der Waals surface area contributed by atoms with Gasteiger partial charge in [-0.15, -0.1) is 0 Å². The number of para-hydroxylation sites is 1. The molecule has 2 rings (SSSR count). The van der Waals surface area contributed by atoms with Gasteiger partial charge in [-0.25, -0.2) is 8.42 Å². The van der Waals surface area contributed by atoms with Crippen molar-refractivity contribution in [1.82, 2.24) is 0 Å². The number of rotatable bonds is 7. The SMILES string of the molecule is COc1cc(S(=O)(=O)Nc2ccccc2)c(OC)cc1NN=C(C#N)C#N. The molecule has 10 heteroatoms. The Balaban J connectivity index is 2.48. The highest BCUT2D eigenvalue weighted by molar-refractivity contribution is 7.92. The van der Waals surface area contributed by atoms with Crippen molar-refractivity contribution in [3.63, 3.8) is 0 Å². The molecular formula is C17H15N5O4S. The summed E-state index contributed by atoms with van der Waals surface area (Å²) in [4.78, 5) is -0.152. The standard InChI is InChI=1S/C17H15N5O4S/c1-25-15-9-17(27(23,24)22-12-6-4-3-5-7-12)16(26-2)8-14(15)21-20-13(10-18)11-19/h3-9,21-22H,1-2H3. The lowest BCUT2D eigenvalue weighted by Gasteiger charge is -2.15. The van der Waals surface area contributed by atoms with Crippen molar-refractivity contribution in [3.8, 4) is 23.6 Å². The van der Waals surface area contributed by atoms with E-state index in [0.29, 0.717) is 5.69 Å². The molecule has 27 heavy (non-hydrogen) atoms. The highest BCUT2D eigenvalue weighted by atomic mass is 32.2.